The third-order valence-corrected chi connectivity index (χ3v) is 5.35. The van der Waals surface area contributed by atoms with Gasteiger partial charge < -0.3 is 15.1 Å². The molecule has 0 atom stereocenters. The zero-order valence-electron chi connectivity index (χ0n) is 16.2. The lowest BCUT2D eigenvalue weighted by Crippen LogP contribution is -2.49. The number of rotatable bonds is 5. The largest absolute Gasteiger partial charge is 0.368 e. The molecule has 7 nitrogen and oxygen atoms in total. The molecule has 29 heavy (non-hydrogen) atoms. The second-order valence-electron chi connectivity index (χ2n) is 6.96. The van der Waals surface area contributed by atoms with Gasteiger partial charge in [0.2, 0.25) is 0 Å². The van der Waals surface area contributed by atoms with Gasteiger partial charge in [0.05, 0.1) is 0 Å². The molecule has 3 aromatic rings. The number of piperazine rings is 1. The lowest BCUT2D eigenvalue weighted by molar-refractivity contribution is 0.0742. The number of benzene rings is 2. The van der Waals surface area contributed by atoms with Crippen LogP contribution in [0.25, 0.3) is 0 Å². The first kappa shape index (κ1) is 19.3. The van der Waals surface area contributed by atoms with Crippen LogP contribution in [0.2, 0.25) is 5.02 Å². The maximum atomic E-state index is 13.0. The van der Waals surface area contributed by atoms with Crippen LogP contribution in [0.4, 0.5) is 17.2 Å². The van der Waals surface area contributed by atoms with Gasteiger partial charge in [-0.3, -0.25) is 4.79 Å². The molecule has 0 saturated carbocycles. The Hall–Kier alpha value is -3.06. The first-order valence-electron chi connectivity index (χ1n) is 9.70. The monoisotopic (exact) mass is 410 g/mol. The average molecular weight is 411 g/mol. The standard InChI is InChI=1S/C21H23ClN6O/c1-2-15-6-8-17(9-7-15)23-20-19(24-26-25-20)21(29)28-12-10-27(11-13-28)18-5-3-4-16(22)14-18/h3-9,14H,2,10-13H2,1H3,(H2,23,24,25,26). The predicted octanol–water partition coefficient (Wildman–Crippen LogP) is 3.73. The van der Waals surface area contributed by atoms with E-state index in [0.29, 0.717) is 29.6 Å². The number of aromatic amines is 1. The van der Waals surface area contributed by atoms with Crippen molar-refractivity contribution in [2.75, 3.05) is 36.4 Å². The molecule has 0 unspecified atom stereocenters. The molecule has 4 rings (SSSR count). The topological polar surface area (TPSA) is 77.1 Å². The van der Waals surface area contributed by atoms with E-state index in [1.807, 2.05) is 41.3 Å². The minimum Gasteiger partial charge on any atom is -0.368 e. The molecule has 2 aromatic carbocycles. The smallest absolute Gasteiger partial charge is 0.278 e. The van der Waals surface area contributed by atoms with Crippen molar-refractivity contribution in [2.24, 2.45) is 0 Å². The van der Waals surface area contributed by atoms with E-state index in [2.05, 4.69) is 44.7 Å². The van der Waals surface area contributed by atoms with Crippen molar-refractivity contribution < 1.29 is 4.79 Å². The highest BCUT2D eigenvalue weighted by molar-refractivity contribution is 6.30. The van der Waals surface area contributed by atoms with Crippen LogP contribution in [0, 0.1) is 0 Å². The minimum absolute atomic E-state index is 0.128. The summed E-state index contributed by atoms with van der Waals surface area (Å²) in [6.07, 6.45) is 0.981. The molecule has 1 aromatic heterocycles. The van der Waals surface area contributed by atoms with Gasteiger partial charge in [-0.25, -0.2) is 0 Å². The Morgan fingerprint density at radius 1 is 1.10 bits per heavy atom. The van der Waals surface area contributed by atoms with Gasteiger partial charge in [-0.15, -0.1) is 10.2 Å². The summed E-state index contributed by atoms with van der Waals surface area (Å²) >= 11 is 6.09. The number of halogens is 1. The average Bonchev–Trinajstić information content (AvgIpc) is 3.22. The highest BCUT2D eigenvalue weighted by Gasteiger charge is 2.26. The number of nitrogens with one attached hydrogen (secondary N) is 2. The Kier molecular flexibility index (Phi) is 5.67. The van der Waals surface area contributed by atoms with Gasteiger partial charge in [0.25, 0.3) is 5.91 Å². The van der Waals surface area contributed by atoms with E-state index >= 15 is 0 Å². The molecule has 1 fully saturated rings. The van der Waals surface area contributed by atoms with Crippen LogP contribution in [0.5, 0.6) is 0 Å². The molecule has 0 bridgehead atoms. The normalized spacial score (nSPS) is 14.1. The van der Waals surface area contributed by atoms with Crippen molar-refractivity contribution in [2.45, 2.75) is 13.3 Å². The molecule has 1 amide bonds. The van der Waals surface area contributed by atoms with Gasteiger partial charge in [0.15, 0.2) is 11.5 Å². The second kappa shape index (κ2) is 8.53. The van der Waals surface area contributed by atoms with E-state index < -0.39 is 0 Å². The molecule has 2 heterocycles. The summed E-state index contributed by atoms with van der Waals surface area (Å²) in [6, 6.07) is 15.8. The van der Waals surface area contributed by atoms with Crippen LogP contribution in [0.15, 0.2) is 48.5 Å². The summed E-state index contributed by atoms with van der Waals surface area (Å²) in [5.74, 6) is 0.314. The van der Waals surface area contributed by atoms with Crippen LogP contribution in [-0.4, -0.2) is 52.4 Å². The summed E-state index contributed by atoms with van der Waals surface area (Å²) < 4.78 is 0. The Bertz CT molecular complexity index is 979. The number of hydrogen-bond donors (Lipinski definition) is 2. The van der Waals surface area contributed by atoms with Crippen LogP contribution >= 0.6 is 11.6 Å². The van der Waals surface area contributed by atoms with Gasteiger partial charge in [-0.2, -0.15) is 5.21 Å². The molecule has 1 saturated heterocycles. The highest BCUT2D eigenvalue weighted by Crippen LogP contribution is 2.23. The molecule has 150 valence electrons. The fraction of sp³-hybridized carbons (Fsp3) is 0.286. The number of carbonyl (C=O) groups is 1. The van der Waals surface area contributed by atoms with Gasteiger partial charge in [-0.05, 0) is 42.3 Å². The van der Waals surface area contributed by atoms with Crippen LogP contribution in [0.3, 0.4) is 0 Å². The van der Waals surface area contributed by atoms with Crippen LogP contribution in [-0.2, 0) is 6.42 Å². The van der Waals surface area contributed by atoms with Crippen molar-refractivity contribution in [1.29, 1.82) is 0 Å². The Labute approximate surface area is 174 Å². The third kappa shape index (κ3) is 4.35. The highest BCUT2D eigenvalue weighted by atomic mass is 35.5. The van der Waals surface area contributed by atoms with E-state index in [1.165, 1.54) is 5.56 Å². The zero-order chi connectivity index (χ0) is 20.2. The number of nitrogens with zero attached hydrogens (tertiary/aromatic N) is 4. The quantitative estimate of drug-likeness (QED) is 0.670. The first-order valence-corrected chi connectivity index (χ1v) is 10.1. The second-order valence-corrected chi connectivity index (χ2v) is 7.39. The van der Waals surface area contributed by atoms with E-state index in [-0.39, 0.29) is 5.91 Å². The van der Waals surface area contributed by atoms with E-state index in [9.17, 15) is 4.79 Å². The fourth-order valence-corrected chi connectivity index (χ4v) is 3.60. The van der Waals surface area contributed by atoms with Gasteiger partial charge in [-0.1, -0.05) is 36.7 Å². The van der Waals surface area contributed by atoms with E-state index in [1.54, 1.807) is 0 Å². The summed E-state index contributed by atoms with van der Waals surface area (Å²) in [6.45, 7) is 4.82. The molecule has 1 aliphatic heterocycles. The van der Waals surface area contributed by atoms with E-state index in [4.69, 9.17) is 11.6 Å². The first-order chi connectivity index (χ1) is 14.1. The number of aromatic nitrogens is 3. The van der Waals surface area contributed by atoms with Gasteiger partial charge in [0, 0.05) is 42.6 Å². The number of carbonyl (C=O) groups excluding carboxylic acids is 1. The molecule has 0 aliphatic carbocycles. The Morgan fingerprint density at radius 2 is 1.86 bits per heavy atom. The molecule has 8 heteroatoms. The Balaban J connectivity index is 1.41. The van der Waals surface area contributed by atoms with Crippen molar-refractivity contribution in [3.05, 3.63) is 64.8 Å². The van der Waals surface area contributed by atoms with Crippen LogP contribution in [0.1, 0.15) is 23.0 Å². The number of amides is 1. The SMILES string of the molecule is CCc1ccc(Nc2n[nH]nc2C(=O)N2CCN(c3cccc(Cl)c3)CC2)cc1. The van der Waals surface area contributed by atoms with Crippen molar-refractivity contribution in [1.82, 2.24) is 20.3 Å². The van der Waals surface area contributed by atoms with Crippen molar-refractivity contribution in [3.8, 4) is 0 Å². The van der Waals surface area contributed by atoms with Crippen molar-refractivity contribution >= 4 is 34.7 Å². The number of H-pyrrole nitrogens is 1. The summed E-state index contributed by atoms with van der Waals surface area (Å²) in [4.78, 5) is 17.0. The molecule has 0 radical (unpaired) electrons. The maximum absolute atomic E-state index is 13.0. The van der Waals surface area contributed by atoms with Crippen LogP contribution < -0.4 is 10.2 Å². The fourth-order valence-electron chi connectivity index (χ4n) is 3.42. The lowest BCUT2D eigenvalue weighted by atomic mass is 10.1. The Morgan fingerprint density at radius 3 is 2.55 bits per heavy atom. The number of hydrogen-bond acceptors (Lipinski definition) is 5. The zero-order valence-corrected chi connectivity index (χ0v) is 17.0. The molecule has 1 aliphatic rings. The van der Waals surface area contributed by atoms with Gasteiger partial charge in [0.1, 0.15) is 0 Å². The van der Waals surface area contributed by atoms with Crippen molar-refractivity contribution in [3.63, 3.8) is 0 Å². The molecular formula is C21H23ClN6O. The third-order valence-electron chi connectivity index (χ3n) is 5.12. The lowest BCUT2D eigenvalue weighted by Gasteiger charge is -2.35. The summed E-state index contributed by atoms with van der Waals surface area (Å²) in [5, 5.41) is 14.7. The van der Waals surface area contributed by atoms with Gasteiger partial charge >= 0.3 is 0 Å². The molecule has 2 N–H and O–H groups in total. The minimum atomic E-state index is -0.128. The summed E-state index contributed by atoms with van der Waals surface area (Å²) in [5.41, 5.74) is 3.50. The summed E-state index contributed by atoms with van der Waals surface area (Å²) in [7, 11) is 0. The predicted molar refractivity (Wildman–Crippen MR) is 115 cm³/mol. The molecule has 0 spiro atoms. The molecular weight excluding hydrogens is 388 g/mol. The van der Waals surface area contributed by atoms with E-state index in [0.717, 1.165) is 30.9 Å². The number of aryl methyl sites for hydroxylation is 1. The number of anilines is 3. The maximum Gasteiger partial charge on any atom is 0.278 e.